The molecule has 0 amide bonds. The third kappa shape index (κ3) is 14.9. The maximum Gasteiger partial charge on any atom is 0.330 e. The highest BCUT2D eigenvalue weighted by molar-refractivity contribution is 5.98. The molecule has 0 unspecified atom stereocenters. The molecule has 0 atom stereocenters. The van der Waals surface area contributed by atoms with Gasteiger partial charge in [-0.3, -0.25) is 19.2 Å². The Kier molecular flexibility index (Phi) is 20.2. The highest BCUT2D eigenvalue weighted by Gasteiger charge is 2.38. The molecule has 13 nitrogen and oxygen atoms in total. The molecule has 366 valence electrons. The van der Waals surface area contributed by atoms with E-state index in [9.17, 15) is 28.8 Å². The van der Waals surface area contributed by atoms with E-state index in [1.807, 2.05) is 31.2 Å². The van der Waals surface area contributed by atoms with E-state index in [0.717, 1.165) is 115 Å². The van der Waals surface area contributed by atoms with Gasteiger partial charge in [-0.05, 0) is 159 Å². The van der Waals surface area contributed by atoms with Crippen LogP contribution in [-0.4, -0.2) is 68.9 Å². The normalized spacial score (nSPS) is 25.1. The lowest BCUT2D eigenvalue weighted by atomic mass is 9.69. The van der Waals surface area contributed by atoms with Crippen LogP contribution < -0.4 is 14.2 Å². The first-order valence-electron chi connectivity index (χ1n) is 25.1. The molecule has 0 bridgehead atoms. The number of carbonyl (C=O) groups is 6. The SMILES string of the molecule is C=CC(=O)OCCCCOC(=O)C1CCC(C2CCC(C(=O)Oc3cc(OCC)c(OC(=O)C4CCC(C5CCC(C(=O)OCCCCOC(=O)C=C)CC5)CC4)c4ccccc34)CC2)CC1. The monoisotopic (exact) mass is 928 g/mol. The maximum absolute atomic E-state index is 13.8. The van der Waals surface area contributed by atoms with Crippen molar-refractivity contribution in [2.45, 2.75) is 135 Å². The molecular weight excluding hydrogens is 857 g/mol. The molecule has 0 saturated heterocycles. The van der Waals surface area contributed by atoms with E-state index >= 15 is 0 Å². The Hall–Kier alpha value is -5.20. The Labute approximate surface area is 396 Å². The van der Waals surface area contributed by atoms with Gasteiger partial charge in [-0.15, -0.1) is 0 Å². The van der Waals surface area contributed by atoms with Gasteiger partial charge in [0.2, 0.25) is 0 Å². The Bertz CT molecular complexity index is 1990. The average molecular weight is 929 g/mol. The van der Waals surface area contributed by atoms with Crippen LogP contribution in [0.2, 0.25) is 0 Å². The van der Waals surface area contributed by atoms with Crippen LogP contribution in [0.25, 0.3) is 10.8 Å². The van der Waals surface area contributed by atoms with E-state index in [4.69, 9.17) is 33.2 Å². The fourth-order valence-corrected chi connectivity index (χ4v) is 10.9. The fourth-order valence-electron chi connectivity index (χ4n) is 10.9. The van der Waals surface area contributed by atoms with Crippen LogP contribution in [0.1, 0.15) is 135 Å². The zero-order chi connectivity index (χ0) is 47.5. The number of benzene rings is 2. The summed E-state index contributed by atoms with van der Waals surface area (Å²) in [5.41, 5.74) is 0. The molecule has 0 radical (unpaired) electrons. The molecule has 4 aliphatic carbocycles. The number of esters is 6. The Morgan fingerprint density at radius 1 is 0.478 bits per heavy atom. The van der Waals surface area contributed by atoms with Crippen LogP contribution in [0.4, 0.5) is 0 Å². The first kappa shape index (κ1) is 51.2. The van der Waals surface area contributed by atoms with Gasteiger partial charge in [0.1, 0.15) is 5.75 Å². The molecule has 0 aliphatic heterocycles. The van der Waals surface area contributed by atoms with E-state index in [-0.39, 0.29) is 60.8 Å². The number of rotatable bonds is 22. The van der Waals surface area contributed by atoms with Gasteiger partial charge in [0.25, 0.3) is 0 Å². The van der Waals surface area contributed by atoms with E-state index < -0.39 is 11.9 Å². The minimum atomic E-state index is -0.450. The van der Waals surface area contributed by atoms with Gasteiger partial charge in [0, 0.05) is 29.0 Å². The van der Waals surface area contributed by atoms with Gasteiger partial charge in [-0.2, -0.15) is 0 Å². The molecule has 4 fully saturated rings. The average Bonchev–Trinajstić information content (AvgIpc) is 3.36. The third-order valence-corrected chi connectivity index (χ3v) is 14.8. The van der Waals surface area contributed by atoms with Crippen molar-refractivity contribution in [2.24, 2.45) is 47.3 Å². The molecule has 0 N–H and O–H groups in total. The second-order valence-electron chi connectivity index (χ2n) is 19.0. The fraction of sp³-hybridized carbons (Fsp3) is 0.630. The highest BCUT2D eigenvalue weighted by Crippen LogP contribution is 2.46. The molecule has 4 saturated carbocycles. The summed E-state index contributed by atoms with van der Waals surface area (Å²) in [6.45, 7) is 10.2. The smallest absolute Gasteiger partial charge is 0.330 e. The number of unbranched alkanes of at least 4 members (excludes halogenated alkanes) is 2. The predicted molar refractivity (Wildman–Crippen MR) is 251 cm³/mol. The van der Waals surface area contributed by atoms with E-state index in [1.54, 1.807) is 6.07 Å². The summed E-state index contributed by atoms with van der Waals surface area (Å²) in [5, 5.41) is 1.33. The molecule has 0 spiro atoms. The van der Waals surface area contributed by atoms with E-state index in [2.05, 4.69) is 13.2 Å². The number of hydrogen-bond donors (Lipinski definition) is 0. The van der Waals surface area contributed by atoms with Gasteiger partial charge in [-0.25, -0.2) is 9.59 Å². The van der Waals surface area contributed by atoms with Crippen LogP contribution in [0.3, 0.4) is 0 Å². The largest absolute Gasteiger partial charge is 0.490 e. The third-order valence-electron chi connectivity index (χ3n) is 14.8. The minimum absolute atomic E-state index is 0.0795. The molecule has 2 aromatic carbocycles. The summed E-state index contributed by atoms with van der Waals surface area (Å²) in [7, 11) is 0. The van der Waals surface area contributed by atoms with Crippen LogP contribution in [0.5, 0.6) is 17.2 Å². The highest BCUT2D eigenvalue weighted by atomic mass is 16.6. The number of carbonyl (C=O) groups excluding carboxylic acids is 6. The second-order valence-corrected chi connectivity index (χ2v) is 19.0. The quantitative estimate of drug-likeness (QED) is 0.0360. The molecule has 13 heteroatoms. The summed E-state index contributed by atoms with van der Waals surface area (Å²) >= 11 is 0. The van der Waals surface area contributed by atoms with Crippen LogP contribution >= 0.6 is 0 Å². The van der Waals surface area contributed by atoms with Gasteiger partial charge in [0.05, 0.1) is 56.7 Å². The van der Waals surface area contributed by atoms with Crippen molar-refractivity contribution in [1.29, 1.82) is 0 Å². The summed E-state index contributed by atoms with van der Waals surface area (Å²) in [4.78, 5) is 75.3. The van der Waals surface area contributed by atoms with Gasteiger partial charge in [0.15, 0.2) is 11.5 Å². The molecule has 67 heavy (non-hydrogen) atoms. The van der Waals surface area contributed by atoms with E-state index in [0.29, 0.717) is 97.2 Å². The molecule has 4 aliphatic rings. The van der Waals surface area contributed by atoms with Gasteiger partial charge < -0.3 is 33.2 Å². The standard InChI is InChI=1S/C54H72O13/c1-4-48(55)62-31-9-11-33-64-51(57)40-23-15-36(16-24-40)38-19-27-42(28-20-38)53(59)66-46-35-47(61-6-3)50(45-14-8-7-13-44(45)46)67-54(60)43-29-21-39(22-30-43)37-17-25-41(26-18-37)52(58)65-34-12-10-32-63-49(56)5-2/h4-5,7-8,13-14,35-43H,1-2,6,9-12,15-34H2,3H3. The number of ether oxygens (including phenoxy) is 7. The van der Waals surface area contributed by atoms with E-state index in [1.165, 1.54) is 0 Å². The van der Waals surface area contributed by atoms with Crippen LogP contribution in [0, 0.1) is 47.3 Å². The Morgan fingerprint density at radius 2 is 0.836 bits per heavy atom. The first-order valence-corrected chi connectivity index (χ1v) is 25.1. The molecule has 0 heterocycles. The summed E-state index contributed by atoms with van der Waals surface area (Å²) in [5.74, 6) is 0.843. The predicted octanol–water partition coefficient (Wildman–Crippen LogP) is 10.4. The zero-order valence-electron chi connectivity index (χ0n) is 39.6. The maximum atomic E-state index is 13.8. The van der Waals surface area contributed by atoms with Crippen molar-refractivity contribution >= 4 is 46.6 Å². The lowest BCUT2D eigenvalue weighted by Gasteiger charge is -2.37. The molecule has 2 aromatic rings. The van der Waals surface area contributed by atoms with Crippen molar-refractivity contribution in [3.8, 4) is 17.2 Å². The van der Waals surface area contributed by atoms with Crippen molar-refractivity contribution in [2.75, 3.05) is 33.0 Å². The minimum Gasteiger partial charge on any atom is -0.490 e. The van der Waals surface area contributed by atoms with Crippen molar-refractivity contribution < 1.29 is 61.9 Å². The topological polar surface area (TPSA) is 167 Å². The van der Waals surface area contributed by atoms with Crippen molar-refractivity contribution in [1.82, 2.24) is 0 Å². The van der Waals surface area contributed by atoms with Crippen molar-refractivity contribution in [3.05, 3.63) is 55.6 Å². The lowest BCUT2D eigenvalue weighted by molar-refractivity contribution is -0.151. The molecule has 6 rings (SSSR count). The van der Waals surface area contributed by atoms with Crippen molar-refractivity contribution in [3.63, 3.8) is 0 Å². The van der Waals surface area contributed by atoms with Gasteiger partial charge in [-0.1, -0.05) is 37.4 Å². The number of hydrogen-bond acceptors (Lipinski definition) is 13. The lowest BCUT2D eigenvalue weighted by Crippen LogP contribution is -2.32. The molecule has 0 aromatic heterocycles. The summed E-state index contributed by atoms with van der Waals surface area (Å²) in [6, 6.07) is 9.19. The first-order chi connectivity index (χ1) is 32.6. The number of fused-ring (bicyclic) bond motifs is 1. The van der Waals surface area contributed by atoms with Gasteiger partial charge >= 0.3 is 35.8 Å². The van der Waals surface area contributed by atoms with Crippen LogP contribution in [-0.2, 0) is 47.7 Å². The zero-order valence-corrected chi connectivity index (χ0v) is 39.6. The van der Waals surface area contributed by atoms with Crippen LogP contribution in [0.15, 0.2) is 55.6 Å². The molecular formula is C54H72O13. The Morgan fingerprint density at radius 3 is 1.22 bits per heavy atom. The summed E-state index contributed by atoms with van der Waals surface area (Å²) < 4.78 is 39.4. The second kappa shape index (κ2) is 26.4. The Balaban J connectivity index is 0.930. The summed E-state index contributed by atoms with van der Waals surface area (Å²) in [6.07, 6.45) is 18.7.